The van der Waals surface area contributed by atoms with Crippen molar-refractivity contribution < 1.29 is 27.1 Å². The molecule has 3 rings (SSSR count). The molecule has 0 amide bonds. The maximum Gasteiger partial charge on any atom is 0.346 e. The fraction of sp³-hybridized carbons (Fsp3) is 0.409. The van der Waals surface area contributed by atoms with Crippen molar-refractivity contribution in [2.75, 3.05) is 0 Å². The average molecular weight is 394 g/mol. The fourth-order valence-corrected chi connectivity index (χ4v) is 3.88. The molecule has 150 valence electrons. The zero-order valence-corrected chi connectivity index (χ0v) is 15.6. The number of carbonyl (C=O) groups is 1. The summed E-state index contributed by atoms with van der Waals surface area (Å²) >= 11 is 0. The van der Waals surface area contributed by atoms with Crippen LogP contribution in [0.1, 0.15) is 67.3 Å². The van der Waals surface area contributed by atoms with Gasteiger partial charge < -0.3 is 4.74 Å². The molecule has 0 spiro atoms. The molecule has 0 aromatic heterocycles. The number of ether oxygens (including phenoxy) is 1. The van der Waals surface area contributed by atoms with Crippen LogP contribution < -0.4 is 4.74 Å². The van der Waals surface area contributed by atoms with Crippen molar-refractivity contribution in [2.24, 2.45) is 5.92 Å². The van der Waals surface area contributed by atoms with Gasteiger partial charge in [0.1, 0.15) is 11.3 Å². The summed E-state index contributed by atoms with van der Waals surface area (Å²) in [6.07, 6.45) is 7.11. The number of hydrogen-bond acceptors (Lipinski definition) is 2. The quantitative estimate of drug-likeness (QED) is 0.189. The Labute approximate surface area is 161 Å². The minimum Gasteiger partial charge on any atom is -0.423 e. The van der Waals surface area contributed by atoms with E-state index in [-0.39, 0.29) is 5.75 Å². The number of halogens is 4. The molecule has 0 saturated heterocycles. The highest BCUT2D eigenvalue weighted by Gasteiger charge is 2.25. The van der Waals surface area contributed by atoms with E-state index in [0.717, 1.165) is 24.3 Å². The molecule has 0 aliphatic heterocycles. The predicted octanol–water partition coefficient (Wildman–Crippen LogP) is 6.54. The maximum absolute atomic E-state index is 13.7. The lowest BCUT2D eigenvalue weighted by Crippen LogP contribution is -2.14. The molecule has 2 aromatic rings. The molecule has 0 heterocycles. The van der Waals surface area contributed by atoms with Crippen LogP contribution in [0.15, 0.2) is 30.3 Å². The molecule has 6 heteroatoms. The zero-order chi connectivity index (χ0) is 20.3. The Morgan fingerprint density at radius 1 is 0.964 bits per heavy atom. The molecule has 2 aromatic carbocycles. The van der Waals surface area contributed by atoms with Gasteiger partial charge in [-0.3, -0.25) is 0 Å². The van der Waals surface area contributed by atoms with Crippen LogP contribution in [0.25, 0.3) is 0 Å². The third kappa shape index (κ3) is 4.37. The van der Waals surface area contributed by atoms with Crippen molar-refractivity contribution in [1.82, 2.24) is 0 Å². The first-order valence-electron chi connectivity index (χ1n) is 9.55. The van der Waals surface area contributed by atoms with Gasteiger partial charge in [-0.15, -0.1) is 0 Å². The fourth-order valence-electron chi connectivity index (χ4n) is 3.88. The Bertz CT molecular complexity index is 841. The van der Waals surface area contributed by atoms with E-state index in [1.54, 1.807) is 12.1 Å². The zero-order valence-electron chi connectivity index (χ0n) is 15.6. The number of benzene rings is 2. The highest BCUT2D eigenvalue weighted by Crippen LogP contribution is 2.37. The predicted molar refractivity (Wildman–Crippen MR) is 97.3 cm³/mol. The van der Waals surface area contributed by atoms with Crippen LogP contribution >= 0.6 is 0 Å². The monoisotopic (exact) mass is 394 g/mol. The molecule has 0 unspecified atom stereocenters. The second kappa shape index (κ2) is 8.76. The Morgan fingerprint density at radius 3 is 2.21 bits per heavy atom. The third-order valence-electron chi connectivity index (χ3n) is 5.43. The highest BCUT2D eigenvalue weighted by molar-refractivity contribution is 5.91. The largest absolute Gasteiger partial charge is 0.423 e. The van der Waals surface area contributed by atoms with Gasteiger partial charge in [-0.25, -0.2) is 22.4 Å². The second-order valence-corrected chi connectivity index (χ2v) is 7.31. The SMILES string of the molecule is CCCC1CCC(c2ccc(OC(=O)c3cc(F)c(F)c(F)c3F)cc2)CC1. The van der Waals surface area contributed by atoms with Gasteiger partial charge in [-0.1, -0.05) is 31.9 Å². The second-order valence-electron chi connectivity index (χ2n) is 7.31. The van der Waals surface area contributed by atoms with Gasteiger partial charge in [-0.05, 0) is 61.3 Å². The van der Waals surface area contributed by atoms with Crippen LogP contribution in [0.5, 0.6) is 5.75 Å². The topological polar surface area (TPSA) is 26.3 Å². The van der Waals surface area contributed by atoms with Gasteiger partial charge >= 0.3 is 5.97 Å². The van der Waals surface area contributed by atoms with E-state index in [1.165, 1.54) is 25.7 Å². The summed E-state index contributed by atoms with van der Waals surface area (Å²) in [7, 11) is 0. The molecule has 0 bridgehead atoms. The maximum atomic E-state index is 13.7. The van der Waals surface area contributed by atoms with Crippen LogP contribution in [-0.2, 0) is 0 Å². The molecule has 0 radical (unpaired) electrons. The van der Waals surface area contributed by atoms with Crippen LogP contribution in [0.2, 0.25) is 0 Å². The van der Waals surface area contributed by atoms with Crippen LogP contribution in [-0.4, -0.2) is 5.97 Å². The summed E-state index contributed by atoms with van der Waals surface area (Å²) in [5.74, 6) is -7.35. The number of carbonyl (C=O) groups excluding carboxylic acids is 1. The Hall–Kier alpha value is -2.37. The molecular weight excluding hydrogens is 372 g/mol. The van der Waals surface area contributed by atoms with Gasteiger partial charge in [0.05, 0.1) is 0 Å². The third-order valence-corrected chi connectivity index (χ3v) is 5.43. The summed E-state index contributed by atoms with van der Waals surface area (Å²) in [5, 5.41) is 0. The van der Waals surface area contributed by atoms with Crippen LogP contribution in [0.3, 0.4) is 0 Å². The van der Waals surface area contributed by atoms with Crippen molar-refractivity contribution >= 4 is 5.97 Å². The highest BCUT2D eigenvalue weighted by atomic mass is 19.2. The van der Waals surface area contributed by atoms with Crippen molar-refractivity contribution in [3.8, 4) is 5.75 Å². The minimum absolute atomic E-state index is 0.123. The van der Waals surface area contributed by atoms with Crippen LogP contribution in [0.4, 0.5) is 17.6 Å². The van der Waals surface area contributed by atoms with E-state index in [4.69, 9.17) is 4.74 Å². The smallest absolute Gasteiger partial charge is 0.346 e. The molecule has 1 saturated carbocycles. The van der Waals surface area contributed by atoms with Crippen molar-refractivity contribution in [3.05, 3.63) is 64.7 Å². The summed E-state index contributed by atoms with van der Waals surface area (Å²) in [5.41, 5.74) is 0.148. The van der Waals surface area contributed by atoms with Crippen LogP contribution in [0, 0.1) is 29.2 Å². The summed E-state index contributed by atoms with van der Waals surface area (Å²) < 4.78 is 58.3. The molecular formula is C22H22F4O2. The van der Waals surface area contributed by atoms with E-state index in [2.05, 4.69) is 6.92 Å². The lowest BCUT2D eigenvalue weighted by Gasteiger charge is -2.28. The standard InChI is InChI=1S/C22H22F4O2/c1-2-3-13-4-6-14(7-5-13)15-8-10-16(11-9-15)28-22(27)17-12-18(23)20(25)21(26)19(17)24/h8-14H,2-7H2,1H3. The van der Waals surface area contributed by atoms with E-state index in [0.29, 0.717) is 12.0 Å². The normalized spacial score (nSPS) is 19.5. The van der Waals surface area contributed by atoms with E-state index < -0.39 is 34.8 Å². The van der Waals surface area contributed by atoms with Gasteiger partial charge in [0, 0.05) is 0 Å². The Morgan fingerprint density at radius 2 is 1.61 bits per heavy atom. The first kappa shape index (κ1) is 20.4. The number of rotatable bonds is 5. The van der Waals surface area contributed by atoms with E-state index >= 15 is 0 Å². The van der Waals surface area contributed by atoms with Gasteiger partial charge in [0.25, 0.3) is 0 Å². The minimum atomic E-state index is -2.04. The Balaban J connectivity index is 1.66. The average Bonchev–Trinajstić information content (AvgIpc) is 2.70. The molecule has 0 N–H and O–H groups in total. The molecule has 1 aliphatic rings. The summed E-state index contributed by atoms with van der Waals surface area (Å²) in [6, 6.07) is 7.11. The van der Waals surface area contributed by atoms with Gasteiger partial charge in [-0.2, -0.15) is 0 Å². The lowest BCUT2D eigenvalue weighted by molar-refractivity contribution is 0.0727. The van der Waals surface area contributed by atoms with E-state index in [9.17, 15) is 22.4 Å². The molecule has 2 nitrogen and oxygen atoms in total. The lowest BCUT2D eigenvalue weighted by atomic mass is 9.77. The van der Waals surface area contributed by atoms with Crippen molar-refractivity contribution in [1.29, 1.82) is 0 Å². The van der Waals surface area contributed by atoms with Crippen molar-refractivity contribution in [2.45, 2.75) is 51.4 Å². The summed E-state index contributed by atoms with van der Waals surface area (Å²) in [4.78, 5) is 12.0. The first-order valence-corrected chi connectivity index (χ1v) is 9.55. The Kier molecular flexibility index (Phi) is 6.37. The number of esters is 1. The summed E-state index contributed by atoms with van der Waals surface area (Å²) in [6.45, 7) is 2.20. The van der Waals surface area contributed by atoms with Gasteiger partial charge in [0.15, 0.2) is 23.3 Å². The molecule has 0 atom stereocenters. The molecule has 1 aliphatic carbocycles. The van der Waals surface area contributed by atoms with Crippen molar-refractivity contribution in [3.63, 3.8) is 0 Å². The first-order chi connectivity index (χ1) is 13.4. The molecule has 1 fully saturated rings. The van der Waals surface area contributed by atoms with Gasteiger partial charge in [0.2, 0.25) is 0 Å². The molecule has 28 heavy (non-hydrogen) atoms. The number of hydrogen-bond donors (Lipinski definition) is 0. The van der Waals surface area contributed by atoms with E-state index in [1.807, 2.05) is 12.1 Å².